The number of rotatable bonds is 4. The number of nitrogens with one attached hydrogen (secondary N) is 2. The normalized spacial score (nSPS) is 10.2. The molecule has 0 aliphatic rings. The first-order valence-corrected chi connectivity index (χ1v) is 8.29. The van der Waals surface area contributed by atoms with Crippen LogP contribution in [0, 0.1) is 5.82 Å². The molecule has 0 fully saturated rings. The molecule has 0 spiro atoms. The van der Waals surface area contributed by atoms with E-state index in [-0.39, 0.29) is 5.82 Å². The average Bonchev–Trinajstić information content (AvgIpc) is 2.44. The molecule has 0 aromatic heterocycles. The van der Waals surface area contributed by atoms with Gasteiger partial charge in [0.2, 0.25) is 0 Å². The quantitative estimate of drug-likeness (QED) is 0.674. The first-order valence-electron chi connectivity index (χ1n) is 6.29. The molecule has 0 atom stereocenters. The van der Waals surface area contributed by atoms with Crippen LogP contribution in [0.5, 0.6) is 0 Å². The van der Waals surface area contributed by atoms with Crippen molar-refractivity contribution in [2.45, 2.75) is 6.42 Å². The summed E-state index contributed by atoms with van der Waals surface area (Å²) in [5, 5.41) is 6.34. The molecule has 2 aromatic rings. The van der Waals surface area contributed by atoms with Gasteiger partial charge in [0.15, 0.2) is 5.11 Å². The number of thiocarbonyl (C=S) groups is 1. The minimum atomic E-state index is -0.372. The average molecular weight is 432 g/mol. The first kappa shape index (κ1) is 16.4. The van der Waals surface area contributed by atoms with Gasteiger partial charge < -0.3 is 10.6 Å². The summed E-state index contributed by atoms with van der Waals surface area (Å²) in [5.74, 6) is -0.372. The van der Waals surface area contributed by atoms with Gasteiger partial charge in [-0.15, -0.1) is 0 Å². The molecule has 21 heavy (non-hydrogen) atoms. The standard InChI is InChI=1S/C15H13Br2FN2S/c16-11-8-12(17)14(13(18)9-11)20-15(21)19-7-6-10-4-2-1-3-5-10/h1-5,8-9H,6-7H2,(H2,19,20,21). The molecule has 0 amide bonds. The fourth-order valence-corrected chi connectivity index (χ4v) is 3.26. The van der Waals surface area contributed by atoms with E-state index in [2.05, 4.69) is 54.6 Å². The maximum absolute atomic E-state index is 13.8. The van der Waals surface area contributed by atoms with Crippen LogP contribution in [-0.4, -0.2) is 11.7 Å². The van der Waals surface area contributed by atoms with E-state index in [0.29, 0.717) is 26.3 Å². The van der Waals surface area contributed by atoms with Gasteiger partial charge in [0, 0.05) is 15.5 Å². The van der Waals surface area contributed by atoms with Crippen molar-refractivity contribution < 1.29 is 4.39 Å². The zero-order valence-corrected chi connectivity index (χ0v) is 15.0. The van der Waals surface area contributed by atoms with Crippen LogP contribution in [0.3, 0.4) is 0 Å². The Morgan fingerprint density at radius 1 is 1.14 bits per heavy atom. The molecule has 2 aromatic carbocycles. The summed E-state index contributed by atoms with van der Waals surface area (Å²) < 4.78 is 15.1. The molecule has 2 rings (SSSR count). The smallest absolute Gasteiger partial charge is 0.170 e. The molecule has 0 unspecified atom stereocenters. The molecule has 6 heteroatoms. The highest BCUT2D eigenvalue weighted by Crippen LogP contribution is 2.29. The fraction of sp³-hybridized carbons (Fsp3) is 0.133. The summed E-state index contributed by atoms with van der Waals surface area (Å²) in [4.78, 5) is 0. The summed E-state index contributed by atoms with van der Waals surface area (Å²) in [6, 6.07) is 13.3. The third-order valence-electron chi connectivity index (χ3n) is 2.79. The van der Waals surface area contributed by atoms with E-state index >= 15 is 0 Å². The summed E-state index contributed by atoms with van der Waals surface area (Å²) in [5.41, 5.74) is 1.55. The zero-order chi connectivity index (χ0) is 15.2. The molecule has 0 aliphatic carbocycles. The van der Waals surface area contributed by atoms with Crippen LogP contribution in [0.4, 0.5) is 10.1 Å². The van der Waals surface area contributed by atoms with Gasteiger partial charge in [-0.1, -0.05) is 46.3 Å². The molecular formula is C15H13Br2FN2S. The van der Waals surface area contributed by atoms with Crippen LogP contribution in [-0.2, 0) is 6.42 Å². The Morgan fingerprint density at radius 2 is 1.86 bits per heavy atom. The van der Waals surface area contributed by atoms with Crippen molar-refractivity contribution in [2.24, 2.45) is 0 Å². The molecule has 2 nitrogen and oxygen atoms in total. The third-order valence-corrected chi connectivity index (χ3v) is 4.12. The van der Waals surface area contributed by atoms with Gasteiger partial charge in [0.1, 0.15) is 5.82 Å². The molecule has 0 aliphatic heterocycles. The van der Waals surface area contributed by atoms with Crippen molar-refractivity contribution in [2.75, 3.05) is 11.9 Å². The summed E-state index contributed by atoms with van der Waals surface area (Å²) >= 11 is 11.7. The lowest BCUT2D eigenvalue weighted by Crippen LogP contribution is -2.30. The molecule has 110 valence electrons. The molecule has 0 bridgehead atoms. The number of anilines is 1. The summed E-state index contributed by atoms with van der Waals surface area (Å²) in [7, 11) is 0. The molecule has 2 N–H and O–H groups in total. The highest BCUT2D eigenvalue weighted by Gasteiger charge is 2.09. The Hall–Kier alpha value is -0.980. The van der Waals surface area contributed by atoms with Crippen LogP contribution in [0.15, 0.2) is 51.4 Å². The van der Waals surface area contributed by atoms with E-state index in [9.17, 15) is 4.39 Å². The first-order chi connectivity index (χ1) is 10.1. The van der Waals surface area contributed by atoms with Crippen molar-refractivity contribution in [3.8, 4) is 0 Å². The highest BCUT2D eigenvalue weighted by atomic mass is 79.9. The minimum absolute atomic E-state index is 0.329. The van der Waals surface area contributed by atoms with E-state index in [0.717, 1.165) is 6.42 Å². The van der Waals surface area contributed by atoms with Gasteiger partial charge in [-0.2, -0.15) is 0 Å². The second-order valence-electron chi connectivity index (χ2n) is 4.36. The van der Waals surface area contributed by atoms with E-state index in [1.165, 1.54) is 11.6 Å². The SMILES string of the molecule is Fc1cc(Br)cc(Br)c1NC(=S)NCCc1ccccc1. The number of benzene rings is 2. The van der Waals surface area contributed by atoms with Crippen LogP contribution >= 0.6 is 44.1 Å². The fourth-order valence-electron chi connectivity index (χ4n) is 1.78. The predicted molar refractivity (Wildman–Crippen MR) is 96.2 cm³/mol. The second-order valence-corrected chi connectivity index (χ2v) is 6.54. The maximum Gasteiger partial charge on any atom is 0.170 e. The van der Waals surface area contributed by atoms with Gasteiger partial charge >= 0.3 is 0 Å². The van der Waals surface area contributed by atoms with Crippen LogP contribution in [0.25, 0.3) is 0 Å². The molecule has 0 saturated carbocycles. The lowest BCUT2D eigenvalue weighted by molar-refractivity contribution is 0.630. The van der Waals surface area contributed by atoms with Crippen molar-refractivity contribution in [3.05, 3.63) is 62.8 Å². The van der Waals surface area contributed by atoms with Crippen molar-refractivity contribution in [3.63, 3.8) is 0 Å². The van der Waals surface area contributed by atoms with E-state index < -0.39 is 0 Å². The Kier molecular flexibility index (Phi) is 6.14. The van der Waals surface area contributed by atoms with Gasteiger partial charge in [0.05, 0.1) is 5.69 Å². The Balaban J connectivity index is 1.88. The molecular weight excluding hydrogens is 419 g/mol. The molecule has 0 radical (unpaired) electrons. The Labute approximate surface area is 145 Å². The number of hydrogen-bond donors (Lipinski definition) is 2. The summed E-state index contributed by atoms with van der Waals surface area (Å²) in [6.07, 6.45) is 0.854. The van der Waals surface area contributed by atoms with Crippen LogP contribution in [0.2, 0.25) is 0 Å². The maximum atomic E-state index is 13.8. The summed E-state index contributed by atoms with van der Waals surface area (Å²) in [6.45, 7) is 0.686. The van der Waals surface area contributed by atoms with Crippen LogP contribution < -0.4 is 10.6 Å². The topological polar surface area (TPSA) is 24.1 Å². The molecule has 0 saturated heterocycles. The predicted octanol–water partition coefficient (Wildman–Crippen LogP) is 4.88. The van der Waals surface area contributed by atoms with E-state index in [4.69, 9.17) is 12.2 Å². The largest absolute Gasteiger partial charge is 0.362 e. The van der Waals surface area contributed by atoms with Crippen molar-refractivity contribution in [1.82, 2.24) is 5.32 Å². The third kappa shape index (κ3) is 5.05. The Bertz CT molecular complexity index is 612. The van der Waals surface area contributed by atoms with Gasteiger partial charge in [-0.3, -0.25) is 0 Å². The van der Waals surface area contributed by atoms with Gasteiger partial charge in [-0.25, -0.2) is 4.39 Å². The zero-order valence-electron chi connectivity index (χ0n) is 11.0. The minimum Gasteiger partial charge on any atom is -0.362 e. The lowest BCUT2D eigenvalue weighted by Gasteiger charge is -2.13. The van der Waals surface area contributed by atoms with E-state index in [1.807, 2.05) is 18.2 Å². The monoisotopic (exact) mass is 430 g/mol. The number of halogens is 3. The second kappa shape index (κ2) is 7.87. The Morgan fingerprint density at radius 3 is 2.52 bits per heavy atom. The van der Waals surface area contributed by atoms with Crippen LogP contribution in [0.1, 0.15) is 5.56 Å². The number of hydrogen-bond acceptors (Lipinski definition) is 1. The van der Waals surface area contributed by atoms with Gasteiger partial charge in [-0.05, 0) is 52.3 Å². The molecule has 0 heterocycles. The van der Waals surface area contributed by atoms with Crippen molar-refractivity contribution >= 4 is 54.9 Å². The van der Waals surface area contributed by atoms with E-state index in [1.54, 1.807) is 6.07 Å². The highest BCUT2D eigenvalue weighted by molar-refractivity contribution is 9.11. The van der Waals surface area contributed by atoms with Crippen molar-refractivity contribution in [1.29, 1.82) is 0 Å². The lowest BCUT2D eigenvalue weighted by atomic mass is 10.1. The van der Waals surface area contributed by atoms with Gasteiger partial charge in [0.25, 0.3) is 0 Å².